The molecule has 0 spiro atoms. The number of unbranched alkanes of at least 4 members (excludes halogenated alkanes) is 1. The number of nitrogens with two attached hydrogens (primary N) is 2. The highest BCUT2D eigenvalue weighted by molar-refractivity contribution is 5.98. The number of hydrogen-bond acceptors (Lipinski definition) is 11. The number of fused-ring (bicyclic) bond motifs is 1. The molecule has 5 aromatic carbocycles. The van der Waals surface area contributed by atoms with Gasteiger partial charge >= 0.3 is 0 Å². The highest BCUT2D eigenvalue weighted by atomic mass is 19.1. The summed E-state index contributed by atoms with van der Waals surface area (Å²) in [5, 5.41) is 19.6. The minimum absolute atomic E-state index is 0.0328. The van der Waals surface area contributed by atoms with E-state index in [9.17, 15) is 24.0 Å². The van der Waals surface area contributed by atoms with Crippen LogP contribution in [0.15, 0.2) is 115 Å². The number of Topliss-reactive ketones (excluding diaryl/α,β-unsaturated/α-hetero) is 2. The third kappa shape index (κ3) is 15.6. The number of anilines is 3. The van der Waals surface area contributed by atoms with Crippen LogP contribution in [-0.4, -0.2) is 99.9 Å². The molecular formula is C58H68FN9O8. The molecule has 400 valence electrons. The van der Waals surface area contributed by atoms with Crippen molar-refractivity contribution in [2.75, 3.05) is 69.6 Å². The zero-order valence-corrected chi connectivity index (χ0v) is 43.1. The van der Waals surface area contributed by atoms with Gasteiger partial charge in [0, 0.05) is 83.9 Å². The highest BCUT2D eigenvalue weighted by Crippen LogP contribution is 2.31. The Kier molecular flexibility index (Phi) is 20.0. The van der Waals surface area contributed by atoms with Crippen molar-refractivity contribution < 1.29 is 42.6 Å². The first kappa shape index (κ1) is 55.5. The van der Waals surface area contributed by atoms with Crippen LogP contribution in [0.4, 0.5) is 21.5 Å². The summed E-state index contributed by atoms with van der Waals surface area (Å²) in [7, 11) is 3.19. The quantitative estimate of drug-likeness (QED) is 0.00830. The Balaban J connectivity index is 1.10. The molecule has 0 bridgehead atoms. The molecule has 2 heterocycles. The molecule has 0 radical (unpaired) electrons. The van der Waals surface area contributed by atoms with Gasteiger partial charge in [0.2, 0.25) is 17.7 Å². The van der Waals surface area contributed by atoms with Gasteiger partial charge in [0.05, 0.1) is 45.7 Å². The van der Waals surface area contributed by atoms with Gasteiger partial charge in [-0.25, -0.2) is 4.39 Å². The fourth-order valence-electron chi connectivity index (χ4n) is 9.48. The van der Waals surface area contributed by atoms with E-state index in [0.29, 0.717) is 80.5 Å². The smallest absolute Gasteiger partial charge is 0.243 e. The van der Waals surface area contributed by atoms with E-state index in [1.54, 1.807) is 50.6 Å². The maximum atomic E-state index is 15.1. The molecule has 1 aliphatic heterocycles. The normalized spacial score (nSPS) is 13.5. The maximum Gasteiger partial charge on any atom is 0.243 e. The van der Waals surface area contributed by atoms with E-state index < -0.39 is 48.0 Å². The molecule has 3 atom stereocenters. The van der Waals surface area contributed by atoms with Crippen molar-refractivity contribution in [2.45, 2.75) is 63.8 Å². The Bertz CT molecular complexity index is 2980. The minimum Gasteiger partial charge on any atom is -0.497 e. The van der Waals surface area contributed by atoms with E-state index in [-0.39, 0.29) is 61.7 Å². The fourth-order valence-corrected chi connectivity index (χ4v) is 9.48. The number of H-pyrrole nitrogens is 1. The highest BCUT2D eigenvalue weighted by Gasteiger charge is 2.30. The average Bonchev–Trinajstić information content (AvgIpc) is 3.83. The molecule has 1 aliphatic rings. The van der Waals surface area contributed by atoms with Crippen molar-refractivity contribution in [3.63, 3.8) is 0 Å². The fraction of sp³-hybridized carbons (Fsp3) is 0.345. The third-order valence-electron chi connectivity index (χ3n) is 13.7. The molecule has 10 N–H and O–H groups in total. The minimum atomic E-state index is -1.04. The van der Waals surface area contributed by atoms with Crippen LogP contribution in [0.5, 0.6) is 11.5 Å². The zero-order valence-electron chi connectivity index (χ0n) is 43.1. The van der Waals surface area contributed by atoms with Crippen LogP contribution in [0.2, 0.25) is 0 Å². The number of hydrogen-bond donors (Lipinski definition) is 8. The number of benzene rings is 5. The number of morpholine rings is 1. The monoisotopic (exact) mass is 1040 g/mol. The number of guanidine groups is 1. The number of aromatic nitrogens is 1. The number of ketones is 2. The lowest BCUT2D eigenvalue weighted by Gasteiger charge is -2.29. The number of nitrogens with one attached hydrogen (secondary N) is 6. The van der Waals surface area contributed by atoms with Crippen LogP contribution in [-0.2, 0) is 36.8 Å². The standard InChI is InChI=1S/C58H68FN9O8/c1-74-45-20-21-49-47(34-45)42(35-64-49)31-41(18-23-52(69)40-9-7-10-43(60)32-40)57(73)67-50(30-37-13-15-38(16-14-37)46-11-3-4-12-54(46)75-2)53(70)24-17-39(8-5-6-25-63-58(61)62)56(72)65-36-55(71)66-44-19-22-51(48(59)33-44)68-26-28-76-29-27-68/h3-4,7,9-16,19-22,32-35,39,41,50,64H,5-6,8,17-18,23-31,36,60H2,1-2H3,(H,65,72)(H,66,71)(H,67,73)(H4,61,62,63)/t39-,41+,50+/m1/s1. The lowest BCUT2D eigenvalue weighted by atomic mass is 9.89. The number of methoxy groups -OCH3 is 2. The Hall–Kier alpha value is -8.25. The molecular weight excluding hydrogens is 970 g/mol. The van der Waals surface area contributed by atoms with E-state index in [1.807, 2.05) is 77.8 Å². The van der Waals surface area contributed by atoms with Gasteiger partial charge in [-0.2, -0.15) is 0 Å². The Morgan fingerprint density at radius 2 is 1.58 bits per heavy atom. The average molecular weight is 1040 g/mol. The van der Waals surface area contributed by atoms with E-state index in [4.69, 9.17) is 31.1 Å². The second-order valence-corrected chi connectivity index (χ2v) is 18.9. The summed E-state index contributed by atoms with van der Waals surface area (Å²) >= 11 is 0. The van der Waals surface area contributed by atoms with Gasteiger partial charge < -0.3 is 56.8 Å². The van der Waals surface area contributed by atoms with Crippen LogP contribution < -0.4 is 47.1 Å². The van der Waals surface area contributed by atoms with E-state index in [2.05, 4.69) is 26.3 Å². The third-order valence-corrected chi connectivity index (χ3v) is 13.7. The predicted molar refractivity (Wildman–Crippen MR) is 293 cm³/mol. The van der Waals surface area contributed by atoms with Crippen LogP contribution in [0.3, 0.4) is 0 Å². The number of nitrogen functional groups attached to an aromatic ring is 1. The molecule has 3 amide bonds. The van der Waals surface area contributed by atoms with Crippen molar-refractivity contribution >= 4 is 63.2 Å². The SMILES string of the molecule is COc1ccc2[nH]cc(C[C@H](CCC(=O)c3cccc(N)c3)C(=O)N[C@@H](Cc3ccc(-c4ccccc4OC)cc3)C(=O)CC[C@@H](CCCCNC(=N)N)C(=O)NCC(=O)Nc3ccc(N4CCOCC4)c(F)c3)c2c1. The van der Waals surface area contributed by atoms with Crippen molar-refractivity contribution in [2.24, 2.45) is 17.6 Å². The predicted octanol–water partition coefficient (Wildman–Crippen LogP) is 7.33. The molecule has 18 heteroatoms. The van der Waals surface area contributed by atoms with Crippen LogP contribution in [0.25, 0.3) is 22.0 Å². The largest absolute Gasteiger partial charge is 0.497 e. The molecule has 0 aliphatic carbocycles. The van der Waals surface area contributed by atoms with Crippen molar-refractivity contribution in [1.82, 2.24) is 20.9 Å². The molecule has 6 aromatic rings. The van der Waals surface area contributed by atoms with Gasteiger partial charge in [-0.15, -0.1) is 0 Å². The van der Waals surface area contributed by atoms with E-state index >= 15 is 4.39 Å². The van der Waals surface area contributed by atoms with Gasteiger partial charge in [0.25, 0.3) is 0 Å². The van der Waals surface area contributed by atoms with Gasteiger partial charge in [0.1, 0.15) is 17.3 Å². The second-order valence-electron chi connectivity index (χ2n) is 18.9. The number of carbonyl (C=O) groups is 5. The summed E-state index contributed by atoms with van der Waals surface area (Å²) in [4.78, 5) is 75.4. The summed E-state index contributed by atoms with van der Waals surface area (Å²) < 4.78 is 31.6. The Labute approximate surface area is 442 Å². The molecule has 0 unspecified atom stereocenters. The molecule has 1 fully saturated rings. The number of halogens is 1. The molecule has 7 rings (SSSR count). The van der Waals surface area contributed by atoms with Gasteiger partial charge in [-0.1, -0.05) is 61.0 Å². The number of carbonyl (C=O) groups excluding carboxylic acids is 5. The lowest BCUT2D eigenvalue weighted by Crippen LogP contribution is -2.46. The Morgan fingerprint density at radius 3 is 2.32 bits per heavy atom. The van der Waals surface area contributed by atoms with E-state index in [0.717, 1.165) is 33.2 Å². The lowest BCUT2D eigenvalue weighted by molar-refractivity contribution is -0.131. The number of nitrogens with zero attached hydrogens (tertiary/aromatic N) is 1. The topological polar surface area (TPSA) is 256 Å². The maximum absolute atomic E-state index is 15.1. The van der Waals surface area contributed by atoms with Crippen LogP contribution >= 0.6 is 0 Å². The number of rotatable bonds is 27. The van der Waals surface area contributed by atoms with Crippen molar-refractivity contribution in [1.29, 1.82) is 5.41 Å². The molecule has 0 saturated carbocycles. The van der Waals surface area contributed by atoms with E-state index in [1.165, 1.54) is 6.07 Å². The van der Waals surface area contributed by atoms with Gasteiger partial charge in [-0.05, 0) is 110 Å². The van der Waals surface area contributed by atoms with Crippen LogP contribution in [0.1, 0.15) is 66.4 Å². The summed E-state index contributed by atoms with van der Waals surface area (Å²) in [5.41, 5.74) is 17.2. The summed E-state index contributed by atoms with van der Waals surface area (Å²) in [6.45, 7) is 2.05. The number of para-hydroxylation sites is 1. The number of amides is 3. The second kappa shape index (κ2) is 27.3. The molecule has 17 nitrogen and oxygen atoms in total. The first-order chi connectivity index (χ1) is 36.8. The first-order valence-corrected chi connectivity index (χ1v) is 25.6. The Morgan fingerprint density at radius 1 is 0.803 bits per heavy atom. The first-order valence-electron chi connectivity index (χ1n) is 25.6. The zero-order chi connectivity index (χ0) is 54.0. The molecule has 1 aromatic heterocycles. The molecule has 1 saturated heterocycles. The number of aromatic amines is 1. The summed E-state index contributed by atoms with van der Waals surface area (Å²) in [6, 6.07) is 31.0. The molecule has 76 heavy (non-hydrogen) atoms. The number of ether oxygens (including phenoxy) is 3. The van der Waals surface area contributed by atoms with Gasteiger partial charge in [0.15, 0.2) is 17.5 Å². The summed E-state index contributed by atoms with van der Waals surface area (Å²) in [6.07, 6.45) is 3.82. The van der Waals surface area contributed by atoms with Crippen molar-refractivity contribution in [3.05, 3.63) is 138 Å². The van der Waals surface area contributed by atoms with Crippen LogP contribution in [0, 0.1) is 23.1 Å². The van der Waals surface area contributed by atoms with Gasteiger partial charge in [-0.3, -0.25) is 29.4 Å². The summed E-state index contributed by atoms with van der Waals surface area (Å²) in [5.74, 6) is -2.76. The van der Waals surface area contributed by atoms with Crippen molar-refractivity contribution in [3.8, 4) is 22.6 Å².